The fourth-order valence-electron chi connectivity index (χ4n) is 3.92. The second kappa shape index (κ2) is 10.6. The molecule has 2 rings (SSSR count). The van der Waals surface area contributed by atoms with Crippen LogP contribution in [0, 0.1) is 0 Å². The molecule has 0 aromatic rings. The van der Waals surface area contributed by atoms with E-state index in [9.17, 15) is 13.2 Å². The monoisotopic (exact) mass is 388 g/mol. The molecule has 1 saturated heterocycles. The molecule has 2 N–H and O–H groups in total. The van der Waals surface area contributed by atoms with Gasteiger partial charge in [-0.2, -0.15) is 17.0 Å². The highest BCUT2D eigenvalue weighted by Gasteiger charge is 2.35. The Hall–Kier alpha value is -0.700. The van der Waals surface area contributed by atoms with Gasteiger partial charge in [-0.05, 0) is 32.2 Å². The lowest BCUT2D eigenvalue weighted by Gasteiger charge is -2.38. The zero-order chi connectivity index (χ0) is 19.0. The molecule has 1 heterocycles. The zero-order valence-electron chi connectivity index (χ0n) is 16.2. The average Bonchev–Trinajstić information content (AvgIpc) is 2.67. The van der Waals surface area contributed by atoms with E-state index < -0.39 is 10.2 Å². The average molecular weight is 389 g/mol. The summed E-state index contributed by atoms with van der Waals surface area (Å²) in [6.45, 7) is 2.51. The van der Waals surface area contributed by atoms with Crippen LogP contribution < -0.4 is 5.73 Å². The van der Waals surface area contributed by atoms with Crippen molar-refractivity contribution in [1.82, 2.24) is 13.5 Å². The predicted octanol–water partition coefficient (Wildman–Crippen LogP) is 1.55. The molecule has 2 aliphatic rings. The summed E-state index contributed by atoms with van der Waals surface area (Å²) in [4.78, 5) is 14.1. The van der Waals surface area contributed by atoms with E-state index in [4.69, 9.17) is 5.73 Å². The molecule has 7 nitrogen and oxygen atoms in total. The van der Waals surface area contributed by atoms with Crippen LogP contribution in [-0.4, -0.2) is 73.6 Å². The zero-order valence-corrected chi connectivity index (χ0v) is 17.1. The second-order valence-corrected chi connectivity index (χ2v) is 9.54. The van der Waals surface area contributed by atoms with E-state index in [1.807, 2.05) is 4.90 Å². The van der Waals surface area contributed by atoms with Crippen molar-refractivity contribution >= 4 is 16.1 Å². The van der Waals surface area contributed by atoms with Crippen LogP contribution >= 0.6 is 0 Å². The first-order chi connectivity index (χ1) is 12.5. The van der Waals surface area contributed by atoms with Crippen molar-refractivity contribution in [2.75, 3.05) is 39.8 Å². The number of amides is 1. The van der Waals surface area contributed by atoms with Crippen molar-refractivity contribution in [2.24, 2.45) is 5.73 Å². The third-order valence-corrected chi connectivity index (χ3v) is 7.76. The Morgan fingerprint density at radius 3 is 2.23 bits per heavy atom. The molecule has 26 heavy (non-hydrogen) atoms. The number of rotatable bonds is 9. The standard InChI is InChI=1S/C18H36N4O3S/c1-20(17-9-5-4-6-10-17)26(24,25)22-15-13-21(14-16-22)18(23)11-7-2-3-8-12-19/h17H,2-16,19H2,1H3. The van der Waals surface area contributed by atoms with Crippen LogP contribution in [0.3, 0.4) is 0 Å². The molecule has 0 radical (unpaired) electrons. The van der Waals surface area contributed by atoms with Gasteiger partial charge in [-0.1, -0.05) is 32.1 Å². The minimum absolute atomic E-state index is 0.127. The molecule has 1 amide bonds. The molecule has 2 fully saturated rings. The summed E-state index contributed by atoms with van der Waals surface area (Å²) < 4.78 is 28.9. The van der Waals surface area contributed by atoms with Gasteiger partial charge in [0, 0.05) is 45.7 Å². The Morgan fingerprint density at radius 1 is 1.00 bits per heavy atom. The van der Waals surface area contributed by atoms with Crippen molar-refractivity contribution in [3.05, 3.63) is 0 Å². The summed E-state index contributed by atoms with van der Waals surface area (Å²) in [5, 5.41) is 0. The number of carbonyl (C=O) groups is 1. The van der Waals surface area contributed by atoms with Gasteiger partial charge in [0.1, 0.15) is 0 Å². The molecule has 1 aliphatic heterocycles. The summed E-state index contributed by atoms with van der Waals surface area (Å²) in [7, 11) is -1.71. The van der Waals surface area contributed by atoms with Gasteiger partial charge >= 0.3 is 0 Å². The molecule has 1 saturated carbocycles. The lowest BCUT2D eigenvalue weighted by molar-refractivity contribution is -0.132. The third kappa shape index (κ3) is 5.90. The highest BCUT2D eigenvalue weighted by atomic mass is 32.2. The van der Waals surface area contributed by atoms with Gasteiger partial charge in [-0.3, -0.25) is 4.79 Å². The summed E-state index contributed by atoms with van der Waals surface area (Å²) in [6.07, 6.45) is 9.90. The maximum absolute atomic E-state index is 12.9. The topological polar surface area (TPSA) is 87.0 Å². The Bertz CT molecular complexity index is 527. The molecule has 8 heteroatoms. The predicted molar refractivity (Wildman–Crippen MR) is 104 cm³/mol. The number of unbranched alkanes of at least 4 members (excludes halogenated alkanes) is 3. The van der Waals surface area contributed by atoms with E-state index >= 15 is 0 Å². The Morgan fingerprint density at radius 2 is 1.62 bits per heavy atom. The van der Waals surface area contributed by atoms with E-state index in [-0.39, 0.29) is 11.9 Å². The first-order valence-electron chi connectivity index (χ1n) is 10.2. The first kappa shape index (κ1) is 21.6. The number of nitrogens with zero attached hydrogens (tertiary/aromatic N) is 3. The number of hydrogen-bond donors (Lipinski definition) is 1. The lowest BCUT2D eigenvalue weighted by Crippen LogP contribution is -2.55. The SMILES string of the molecule is CN(C1CCCCC1)S(=O)(=O)N1CCN(C(=O)CCCCCCN)CC1. The summed E-state index contributed by atoms with van der Waals surface area (Å²) >= 11 is 0. The maximum atomic E-state index is 12.9. The fraction of sp³-hybridized carbons (Fsp3) is 0.944. The summed E-state index contributed by atoms with van der Waals surface area (Å²) in [5.74, 6) is 0.149. The molecular weight excluding hydrogens is 352 g/mol. The molecule has 0 aromatic carbocycles. The molecule has 152 valence electrons. The Labute approximate surface area is 159 Å². The van der Waals surface area contributed by atoms with Crippen molar-refractivity contribution in [2.45, 2.75) is 70.3 Å². The second-order valence-electron chi connectivity index (χ2n) is 7.55. The van der Waals surface area contributed by atoms with Gasteiger partial charge in [0.15, 0.2) is 0 Å². The Kier molecular flexibility index (Phi) is 8.79. The smallest absolute Gasteiger partial charge is 0.282 e. The van der Waals surface area contributed by atoms with E-state index in [0.29, 0.717) is 39.1 Å². The third-order valence-electron chi connectivity index (χ3n) is 5.72. The minimum atomic E-state index is -3.42. The van der Waals surface area contributed by atoms with Crippen molar-refractivity contribution in [3.63, 3.8) is 0 Å². The van der Waals surface area contributed by atoms with Crippen LogP contribution in [0.1, 0.15) is 64.2 Å². The molecule has 0 bridgehead atoms. The van der Waals surface area contributed by atoms with Crippen LogP contribution in [0.2, 0.25) is 0 Å². The molecular formula is C18H36N4O3S. The quantitative estimate of drug-likeness (QED) is 0.607. The number of hydrogen-bond acceptors (Lipinski definition) is 4. The van der Waals surface area contributed by atoms with Crippen LogP contribution in [-0.2, 0) is 15.0 Å². The number of piperazine rings is 1. The van der Waals surface area contributed by atoms with Gasteiger partial charge in [-0.15, -0.1) is 0 Å². The molecule has 0 aromatic heterocycles. The highest BCUT2D eigenvalue weighted by Crippen LogP contribution is 2.25. The van der Waals surface area contributed by atoms with E-state index in [1.54, 1.807) is 15.7 Å². The van der Waals surface area contributed by atoms with Crippen LogP contribution in [0.15, 0.2) is 0 Å². The van der Waals surface area contributed by atoms with Gasteiger partial charge in [0.2, 0.25) is 5.91 Å². The van der Waals surface area contributed by atoms with Gasteiger partial charge in [0.25, 0.3) is 10.2 Å². The summed E-state index contributed by atoms with van der Waals surface area (Å²) in [5.41, 5.74) is 5.47. The van der Waals surface area contributed by atoms with E-state index in [0.717, 1.165) is 51.4 Å². The number of carbonyl (C=O) groups excluding carboxylic acids is 1. The van der Waals surface area contributed by atoms with Gasteiger partial charge < -0.3 is 10.6 Å². The van der Waals surface area contributed by atoms with Crippen molar-refractivity contribution in [1.29, 1.82) is 0 Å². The van der Waals surface area contributed by atoms with Crippen molar-refractivity contribution in [3.8, 4) is 0 Å². The number of nitrogens with two attached hydrogens (primary N) is 1. The van der Waals surface area contributed by atoms with Gasteiger partial charge in [-0.25, -0.2) is 0 Å². The molecule has 0 atom stereocenters. The molecule has 1 aliphatic carbocycles. The van der Waals surface area contributed by atoms with Crippen molar-refractivity contribution < 1.29 is 13.2 Å². The van der Waals surface area contributed by atoms with Gasteiger partial charge in [0.05, 0.1) is 0 Å². The normalized spacial score (nSPS) is 20.7. The minimum Gasteiger partial charge on any atom is -0.340 e. The van der Waals surface area contributed by atoms with E-state index in [1.165, 1.54) is 6.42 Å². The molecule has 0 unspecified atom stereocenters. The molecule has 0 spiro atoms. The largest absolute Gasteiger partial charge is 0.340 e. The summed E-state index contributed by atoms with van der Waals surface area (Å²) in [6, 6.07) is 0.127. The van der Waals surface area contributed by atoms with Crippen LogP contribution in [0.4, 0.5) is 0 Å². The maximum Gasteiger partial charge on any atom is 0.282 e. The first-order valence-corrected chi connectivity index (χ1v) is 11.6. The fourth-order valence-corrected chi connectivity index (χ4v) is 5.49. The van der Waals surface area contributed by atoms with Crippen LogP contribution in [0.25, 0.3) is 0 Å². The van der Waals surface area contributed by atoms with E-state index in [2.05, 4.69) is 0 Å². The van der Waals surface area contributed by atoms with Crippen LogP contribution in [0.5, 0.6) is 0 Å². The highest BCUT2D eigenvalue weighted by molar-refractivity contribution is 7.86. The Balaban J connectivity index is 1.76. The lowest BCUT2D eigenvalue weighted by atomic mass is 9.96.